The van der Waals surface area contributed by atoms with Gasteiger partial charge in [0.05, 0.1) is 12.7 Å². The lowest BCUT2D eigenvalue weighted by Crippen LogP contribution is -2.03. The summed E-state index contributed by atoms with van der Waals surface area (Å²) in [6.45, 7) is 4.17. The Morgan fingerprint density at radius 1 is 0.966 bits per heavy atom. The van der Waals surface area contributed by atoms with Gasteiger partial charge in [-0.2, -0.15) is 8.78 Å². The van der Waals surface area contributed by atoms with Crippen molar-refractivity contribution < 1.29 is 17.6 Å². The zero-order valence-corrected chi connectivity index (χ0v) is 15.6. The number of halogens is 3. The molecule has 0 aliphatic carbocycles. The summed E-state index contributed by atoms with van der Waals surface area (Å²) in [5.41, 5.74) is 4.45. The molecule has 2 aromatic carbocycles. The van der Waals surface area contributed by atoms with E-state index in [0.29, 0.717) is 11.3 Å². The number of alkyl halides is 2. The Labute approximate surface area is 164 Å². The summed E-state index contributed by atoms with van der Waals surface area (Å²) >= 11 is 0. The van der Waals surface area contributed by atoms with Crippen molar-refractivity contribution in [1.82, 2.24) is 25.2 Å². The Kier molecular flexibility index (Phi) is 4.87. The molecular weight excluding hydrogens is 383 g/mol. The first kappa shape index (κ1) is 18.9. The molecule has 2 aromatic heterocycles. The van der Waals surface area contributed by atoms with Crippen molar-refractivity contribution in [3.05, 3.63) is 71.0 Å². The molecule has 148 valence electrons. The summed E-state index contributed by atoms with van der Waals surface area (Å²) in [6.07, 6.45) is -1.13. The second-order valence-electron chi connectivity index (χ2n) is 6.73. The molecule has 4 rings (SSSR count). The molecule has 4 aromatic rings. The van der Waals surface area contributed by atoms with Gasteiger partial charge in [0.15, 0.2) is 0 Å². The zero-order chi connectivity index (χ0) is 20.5. The average molecular weight is 399 g/mol. The predicted octanol–water partition coefficient (Wildman–Crippen LogP) is 4.74. The monoisotopic (exact) mass is 399 g/mol. The van der Waals surface area contributed by atoms with Crippen LogP contribution in [0.3, 0.4) is 0 Å². The maximum atomic E-state index is 14.5. The van der Waals surface area contributed by atoms with E-state index in [2.05, 4.69) is 26.6 Å². The summed E-state index contributed by atoms with van der Waals surface area (Å²) in [6, 6.07) is 10.3. The van der Waals surface area contributed by atoms with Gasteiger partial charge < -0.3 is 4.42 Å². The third-order valence-corrected chi connectivity index (χ3v) is 4.32. The fourth-order valence-corrected chi connectivity index (χ4v) is 3.05. The molecule has 0 aliphatic rings. The van der Waals surface area contributed by atoms with Gasteiger partial charge in [0.25, 0.3) is 5.89 Å². The van der Waals surface area contributed by atoms with Crippen LogP contribution in [0.4, 0.5) is 13.2 Å². The van der Waals surface area contributed by atoms with Crippen LogP contribution in [0.25, 0.3) is 22.7 Å². The molecule has 0 bridgehead atoms. The highest BCUT2D eigenvalue weighted by atomic mass is 19.3. The van der Waals surface area contributed by atoms with Gasteiger partial charge in [0, 0.05) is 16.7 Å². The van der Waals surface area contributed by atoms with Gasteiger partial charge in [-0.05, 0) is 38.1 Å². The fraction of sp³-hybridized carbons (Fsp3) is 0.200. The normalized spacial score (nSPS) is 11.4. The Hall–Kier alpha value is -3.49. The molecule has 0 fully saturated rings. The van der Waals surface area contributed by atoms with Crippen LogP contribution in [-0.2, 0) is 6.54 Å². The molecule has 0 aliphatic heterocycles. The zero-order valence-electron chi connectivity index (χ0n) is 15.6. The van der Waals surface area contributed by atoms with Crippen LogP contribution >= 0.6 is 0 Å². The summed E-state index contributed by atoms with van der Waals surface area (Å²) in [4.78, 5) is 0. The van der Waals surface area contributed by atoms with Crippen LogP contribution in [-0.4, -0.2) is 25.2 Å². The number of hydrogen-bond donors (Lipinski definition) is 0. The standard InChI is InChI=1S/C20H16F3N5O/c1-11-5-12(2)7-15(6-11)17-10-28(27-24-17)9-14-4-3-13(8-16(14)21)19-25-26-20(29-19)18(22)23/h3-8,10,18H,9H2,1-2H3. The van der Waals surface area contributed by atoms with E-state index in [-0.39, 0.29) is 18.0 Å². The maximum absolute atomic E-state index is 14.5. The quantitative estimate of drug-likeness (QED) is 0.485. The van der Waals surface area contributed by atoms with E-state index in [1.165, 1.54) is 22.9 Å². The van der Waals surface area contributed by atoms with Gasteiger partial charge in [-0.1, -0.05) is 28.5 Å². The Bertz CT molecular complexity index is 1150. The number of rotatable bonds is 5. The fourth-order valence-electron chi connectivity index (χ4n) is 3.05. The van der Waals surface area contributed by atoms with Crippen molar-refractivity contribution in [3.8, 4) is 22.7 Å². The first-order chi connectivity index (χ1) is 13.9. The van der Waals surface area contributed by atoms with Crippen molar-refractivity contribution in [2.75, 3.05) is 0 Å². The third-order valence-electron chi connectivity index (χ3n) is 4.32. The lowest BCUT2D eigenvalue weighted by molar-refractivity contribution is 0.116. The lowest BCUT2D eigenvalue weighted by atomic mass is 10.1. The predicted molar refractivity (Wildman–Crippen MR) is 98.7 cm³/mol. The van der Waals surface area contributed by atoms with E-state index in [1.807, 2.05) is 26.0 Å². The molecule has 2 heterocycles. The van der Waals surface area contributed by atoms with Crippen molar-refractivity contribution in [2.45, 2.75) is 26.8 Å². The highest BCUT2D eigenvalue weighted by Crippen LogP contribution is 2.25. The minimum atomic E-state index is -2.88. The number of benzene rings is 2. The van der Waals surface area contributed by atoms with E-state index < -0.39 is 18.1 Å². The highest BCUT2D eigenvalue weighted by Gasteiger charge is 2.18. The third kappa shape index (κ3) is 4.03. The number of aryl methyl sites for hydroxylation is 2. The Morgan fingerprint density at radius 3 is 2.38 bits per heavy atom. The summed E-state index contributed by atoms with van der Waals surface area (Å²) in [5.74, 6) is -1.50. The van der Waals surface area contributed by atoms with E-state index >= 15 is 0 Å². The van der Waals surface area contributed by atoms with Gasteiger partial charge in [0.1, 0.15) is 11.5 Å². The van der Waals surface area contributed by atoms with Gasteiger partial charge in [0.2, 0.25) is 5.89 Å². The van der Waals surface area contributed by atoms with Gasteiger partial charge in [-0.15, -0.1) is 15.3 Å². The molecule has 0 amide bonds. The molecule has 0 unspecified atom stereocenters. The number of aromatic nitrogens is 5. The molecule has 6 nitrogen and oxygen atoms in total. The van der Waals surface area contributed by atoms with Crippen LogP contribution in [0.1, 0.15) is 29.0 Å². The van der Waals surface area contributed by atoms with Crippen LogP contribution in [0.15, 0.2) is 47.0 Å². The van der Waals surface area contributed by atoms with Crippen LogP contribution in [0, 0.1) is 19.7 Å². The van der Waals surface area contributed by atoms with Crippen molar-refractivity contribution in [1.29, 1.82) is 0 Å². The van der Waals surface area contributed by atoms with E-state index in [0.717, 1.165) is 16.7 Å². The van der Waals surface area contributed by atoms with Crippen LogP contribution in [0.5, 0.6) is 0 Å². The van der Waals surface area contributed by atoms with Crippen molar-refractivity contribution in [2.24, 2.45) is 0 Å². The van der Waals surface area contributed by atoms with Gasteiger partial charge in [-0.3, -0.25) is 0 Å². The van der Waals surface area contributed by atoms with Gasteiger partial charge in [-0.25, -0.2) is 9.07 Å². The number of nitrogens with zero attached hydrogens (tertiary/aromatic N) is 5. The summed E-state index contributed by atoms with van der Waals surface area (Å²) in [5, 5.41) is 15.0. The smallest absolute Gasteiger partial charge is 0.314 e. The molecule has 0 saturated heterocycles. The topological polar surface area (TPSA) is 69.6 Å². The van der Waals surface area contributed by atoms with Crippen LogP contribution in [0.2, 0.25) is 0 Å². The SMILES string of the molecule is Cc1cc(C)cc(-c2cn(Cc3ccc(-c4nnc(C(F)F)o4)cc3F)nn2)c1. The summed E-state index contributed by atoms with van der Waals surface area (Å²) < 4.78 is 46.0. The van der Waals surface area contributed by atoms with E-state index in [1.54, 1.807) is 6.20 Å². The molecule has 0 N–H and O–H groups in total. The first-order valence-electron chi connectivity index (χ1n) is 8.78. The largest absolute Gasteiger partial charge is 0.415 e. The van der Waals surface area contributed by atoms with Crippen molar-refractivity contribution in [3.63, 3.8) is 0 Å². The van der Waals surface area contributed by atoms with E-state index in [9.17, 15) is 13.2 Å². The van der Waals surface area contributed by atoms with Crippen molar-refractivity contribution >= 4 is 0 Å². The molecule has 0 saturated carbocycles. The maximum Gasteiger partial charge on any atom is 0.314 e. The Balaban J connectivity index is 1.55. The summed E-state index contributed by atoms with van der Waals surface area (Å²) in [7, 11) is 0. The molecule has 9 heteroatoms. The average Bonchev–Trinajstić information content (AvgIpc) is 3.32. The van der Waals surface area contributed by atoms with Crippen LogP contribution < -0.4 is 0 Å². The molecular formula is C20H16F3N5O. The number of hydrogen-bond acceptors (Lipinski definition) is 5. The minimum Gasteiger partial charge on any atom is -0.415 e. The Morgan fingerprint density at radius 2 is 1.72 bits per heavy atom. The lowest BCUT2D eigenvalue weighted by Gasteiger charge is -2.04. The van der Waals surface area contributed by atoms with E-state index in [4.69, 9.17) is 4.42 Å². The first-order valence-corrected chi connectivity index (χ1v) is 8.78. The second-order valence-corrected chi connectivity index (χ2v) is 6.73. The minimum absolute atomic E-state index is 0.163. The molecule has 0 atom stereocenters. The van der Waals surface area contributed by atoms with Gasteiger partial charge >= 0.3 is 6.43 Å². The molecule has 0 radical (unpaired) electrons. The second kappa shape index (κ2) is 7.50. The molecule has 0 spiro atoms. The highest BCUT2D eigenvalue weighted by molar-refractivity contribution is 5.60. The molecule has 29 heavy (non-hydrogen) atoms.